The highest BCUT2D eigenvalue weighted by atomic mass is 32.2. The molecule has 0 amide bonds. The summed E-state index contributed by atoms with van der Waals surface area (Å²) < 4.78 is 10.4. The molecule has 0 aliphatic carbocycles. The van der Waals surface area contributed by atoms with E-state index in [1.807, 2.05) is 24.3 Å². The smallest absolute Gasteiger partial charge is 0.173 e. The Labute approximate surface area is 128 Å². The van der Waals surface area contributed by atoms with E-state index in [1.165, 1.54) is 11.8 Å². The number of anilines is 1. The Morgan fingerprint density at radius 1 is 1.05 bits per heavy atom. The first-order valence-electron chi connectivity index (χ1n) is 6.37. The normalized spacial score (nSPS) is 10.2. The quantitative estimate of drug-likeness (QED) is 0.504. The molecule has 0 radical (unpaired) electrons. The second-order valence-electron chi connectivity index (χ2n) is 4.35. The molecule has 110 valence electrons. The minimum atomic E-state index is 0.0396. The number of rotatable bonds is 6. The molecule has 21 heavy (non-hydrogen) atoms. The van der Waals surface area contributed by atoms with Crippen LogP contribution in [0.5, 0.6) is 11.5 Å². The third-order valence-electron chi connectivity index (χ3n) is 2.96. The first-order chi connectivity index (χ1) is 10.1. The van der Waals surface area contributed by atoms with Crippen molar-refractivity contribution >= 4 is 23.2 Å². The highest BCUT2D eigenvalue weighted by Crippen LogP contribution is 2.28. The molecule has 0 saturated carbocycles. The van der Waals surface area contributed by atoms with Crippen molar-refractivity contribution in [3.05, 3.63) is 48.0 Å². The van der Waals surface area contributed by atoms with Crippen molar-refractivity contribution < 1.29 is 14.3 Å². The Morgan fingerprint density at radius 2 is 1.71 bits per heavy atom. The standard InChI is InChI=1S/C16H17NO3S/c1-19-15-8-3-11(9-16(15)20-2)14(18)10-21-13-6-4-12(17)5-7-13/h3-9H,10,17H2,1-2H3. The van der Waals surface area contributed by atoms with Crippen LogP contribution in [0.2, 0.25) is 0 Å². The number of Topliss-reactive ketones (excluding diaryl/α,β-unsaturated/α-hetero) is 1. The van der Waals surface area contributed by atoms with Crippen LogP contribution in [-0.4, -0.2) is 25.8 Å². The SMILES string of the molecule is COc1ccc(C(=O)CSc2ccc(N)cc2)cc1OC. The number of ketones is 1. The molecule has 5 heteroatoms. The van der Waals surface area contributed by atoms with Gasteiger partial charge in [0, 0.05) is 16.1 Å². The predicted octanol–water partition coefficient (Wildman–Crippen LogP) is 3.26. The summed E-state index contributed by atoms with van der Waals surface area (Å²) in [5.41, 5.74) is 6.95. The Hall–Kier alpha value is -2.14. The van der Waals surface area contributed by atoms with Gasteiger partial charge in [0.2, 0.25) is 0 Å². The third kappa shape index (κ3) is 3.92. The van der Waals surface area contributed by atoms with Gasteiger partial charge in [0.25, 0.3) is 0 Å². The molecule has 0 bridgehead atoms. The van der Waals surface area contributed by atoms with Crippen molar-refractivity contribution in [2.75, 3.05) is 25.7 Å². The lowest BCUT2D eigenvalue weighted by Crippen LogP contribution is -2.03. The van der Waals surface area contributed by atoms with E-state index in [4.69, 9.17) is 15.2 Å². The number of hydrogen-bond acceptors (Lipinski definition) is 5. The first kappa shape index (κ1) is 15.3. The zero-order chi connectivity index (χ0) is 15.2. The summed E-state index contributed by atoms with van der Waals surface area (Å²) in [5, 5.41) is 0. The average molecular weight is 303 g/mol. The van der Waals surface area contributed by atoms with Crippen LogP contribution in [0.25, 0.3) is 0 Å². The summed E-state index contributed by atoms with van der Waals surface area (Å²) in [6.45, 7) is 0. The molecular formula is C16H17NO3S. The largest absolute Gasteiger partial charge is 0.493 e. The van der Waals surface area contributed by atoms with Crippen LogP contribution in [0.1, 0.15) is 10.4 Å². The Bertz CT molecular complexity index is 626. The van der Waals surface area contributed by atoms with E-state index in [1.54, 1.807) is 32.4 Å². The Morgan fingerprint density at radius 3 is 2.33 bits per heavy atom. The van der Waals surface area contributed by atoms with Crippen molar-refractivity contribution in [2.45, 2.75) is 4.90 Å². The maximum atomic E-state index is 12.2. The Kier molecular flexibility index (Phi) is 5.11. The monoisotopic (exact) mass is 303 g/mol. The third-order valence-corrected chi connectivity index (χ3v) is 3.97. The van der Waals surface area contributed by atoms with Crippen LogP contribution in [0.4, 0.5) is 5.69 Å². The highest BCUT2D eigenvalue weighted by molar-refractivity contribution is 8.00. The second kappa shape index (κ2) is 7.04. The number of thioether (sulfide) groups is 1. The zero-order valence-electron chi connectivity index (χ0n) is 12.0. The molecule has 0 unspecified atom stereocenters. The predicted molar refractivity (Wildman–Crippen MR) is 85.5 cm³/mol. The van der Waals surface area contributed by atoms with Crippen LogP contribution in [0.3, 0.4) is 0 Å². The summed E-state index contributed by atoms with van der Waals surface area (Å²) in [7, 11) is 3.12. The second-order valence-corrected chi connectivity index (χ2v) is 5.40. The first-order valence-corrected chi connectivity index (χ1v) is 7.36. The molecule has 0 aliphatic heterocycles. The fourth-order valence-corrected chi connectivity index (χ4v) is 2.60. The number of carbonyl (C=O) groups excluding carboxylic acids is 1. The number of nitrogen functional groups attached to an aromatic ring is 1. The molecule has 2 aromatic carbocycles. The van der Waals surface area contributed by atoms with Gasteiger partial charge in [0.1, 0.15) is 0 Å². The molecular weight excluding hydrogens is 286 g/mol. The van der Waals surface area contributed by atoms with E-state index in [9.17, 15) is 4.79 Å². The summed E-state index contributed by atoms with van der Waals surface area (Å²) in [6, 6.07) is 12.6. The lowest BCUT2D eigenvalue weighted by Gasteiger charge is -2.09. The van der Waals surface area contributed by atoms with E-state index in [0.29, 0.717) is 28.5 Å². The molecule has 0 saturated heterocycles. The van der Waals surface area contributed by atoms with Gasteiger partial charge in [-0.3, -0.25) is 4.79 Å². The van der Waals surface area contributed by atoms with Gasteiger partial charge in [-0.1, -0.05) is 0 Å². The van der Waals surface area contributed by atoms with Gasteiger partial charge in [-0.2, -0.15) is 0 Å². The molecule has 0 aliphatic rings. The van der Waals surface area contributed by atoms with Gasteiger partial charge in [-0.15, -0.1) is 11.8 Å². The van der Waals surface area contributed by atoms with Crippen molar-refractivity contribution in [3.8, 4) is 11.5 Å². The maximum absolute atomic E-state index is 12.2. The molecule has 2 aromatic rings. The molecule has 0 atom stereocenters. The van der Waals surface area contributed by atoms with Crippen LogP contribution >= 0.6 is 11.8 Å². The maximum Gasteiger partial charge on any atom is 0.173 e. The Balaban J connectivity index is 2.04. The average Bonchev–Trinajstić information content (AvgIpc) is 2.53. The van der Waals surface area contributed by atoms with Crippen LogP contribution in [0.15, 0.2) is 47.4 Å². The van der Waals surface area contributed by atoms with Crippen molar-refractivity contribution in [1.82, 2.24) is 0 Å². The lowest BCUT2D eigenvalue weighted by molar-refractivity contribution is 0.102. The number of hydrogen-bond donors (Lipinski definition) is 1. The van der Waals surface area contributed by atoms with Crippen LogP contribution < -0.4 is 15.2 Å². The van der Waals surface area contributed by atoms with Crippen molar-refractivity contribution in [1.29, 1.82) is 0 Å². The van der Waals surface area contributed by atoms with Crippen molar-refractivity contribution in [3.63, 3.8) is 0 Å². The molecule has 2 rings (SSSR count). The molecule has 4 nitrogen and oxygen atoms in total. The minimum Gasteiger partial charge on any atom is -0.493 e. The zero-order valence-corrected chi connectivity index (χ0v) is 12.8. The van der Waals surface area contributed by atoms with Crippen LogP contribution in [-0.2, 0) is 0 Å². The number of benzene rings is 2. The van der Waals surface area contributed by atoms with Crippen molar-refractivity contribution in [2.24, 2.45) is 0 Å². The number of ether oxygens (including phenoxy) is 2. The number of nitrogens with two attached hydrogens (primary N) is 1. The number of methoxy groups -OCH3 is 2. The fourth-order valence-electron chi connectivity index (χ4n) is 1.81. The summed E-state index contributed by atoms with van der Waals surface area (Å²) in [6.07, 6.45) is 0. The van der Waals surface area contributed by atoms with Gasteiger partial charge >= 0.3 is 0 Å². The molecule has 0 heterocycles. The van der Waals surface area contributed by atoms with E-state index < -0.39 is 0 Å². The van der Waals surface area contributed by atoms with Gasteiger partial charge in [-0.25, -0.2) is 0 Å². The lowest BCUT2D eigenvalue weighted by atomic mass is 10.1. The minimum absolute atomic E-state index is 0.0396. The van der Waals surface area contributed by atoms with Crippen LogP contribution in [0, 0.1) is 0 Å². The molecule has 0 aromatic heterocycles. The molecule has 2 N–H and O–H groups in total. The van der Waals surface area contributed by atoms with E-state index in [0.717, 1.165) is 4.90 Å². The topological polar surface area (TPSA) is 61.5 Å². The molecule has 0 fully saturated rings. The van der Waals surface area contributed by atoms with Gasteiger partial charge in [-0.05, 0) is 42.5 Å². The number of carbonyl (C=O) groups is 1. The summed E-state index contributed by atoms with van der Waals surface area (Å²) in [4.78, 5) is 13.2. The summed E-state index contributed by atoms with van der Waals surface area (Å²) >= 11 is 1.48. The van der Waals surface area contributed by atoms with Gasteiger partial charge < -0.3 is 15.2 Å². The fraction of sp³-hybridized carbons (Fsp3) is 0.188. The van der Waals surface area contributed by atoms with E-state index >= 15 is 0 Å². The molecule has 0 spiro atoms. The summed E-state index contributed by atoms with van der Waals surface area (Å²) in [5.74, 6) is 1.57. The van der Waals surface area contributed by atoms with E-state index in [-0.39, 0.29) is 5.78 Å². The van der Waals surface area contributed by atoms with E-state index in [2.05, 4.69) is 0 Å². The van der Waals surface area contributed by atoms with Gasteiger partial charge in [0.15, 0.2) is 17.3 Å². The highest BCUT2D eigenvalue weighted by Gasteiger charge is 2.11. The van der Waals surface area contributed by atoms with Gasteiger partial charge in [0.05, 0.1) is 20.0 Å².